The molecule has 2 N–H and O–H groups in total. The van der Waals surface area contributed by atoms with Crippen molar-refractivity contribution in [1.82, 2.24) is 24.3 Å². The number of hydrogen-bond donors (Lipinski definition) is 1. The molecule has 8 heteroatoms. The minimum absolute atomic E-state index is 0.156. The Hall–Kier alpha value is -2.35. The standard InChI is InChI=1S/C25H38N6O2/c1-17-13-31(22-20(17)21(26)27-16-28-22)19-7-5-18(6-8-19)29-11-9-25(14-29)10-12-30(15-25)23(32)33-24(2,3)4/h13,16,18-19H,5-12,14-15H2,1-4H3,(H2,26,27,28). The summed E-state index contributed by atoms with van der Waals surface area (Å²) in [6.07, 6.45) is 10.6. The second-order valence-electron chi connectivity index (χ2n) is 11.5. The van der Waals surface area contributed by atoms with Crippen molar-refractivity contribution in [2.24, 2.45) is 5.41 Å². The van der Waals surface area contributed by atoms with Gasteiger partial charge in [0.25, 0.3) is 0 Å². The maximum Gasteiger partial charge on any atom is 0.410 e. The van der Waals surface area contributed by atoms with Crippen molar-refractivity contribution in [2.45, 2.75) is 83.9 Å². The zero-order chi connectivity index (χ0) is 23.4. The summed E-state index contributed by atoms with van der Waals surface area (Å²) in [4.78, 5) is 25.9. The number of aryl methyl sites for hydroxylation is 1. The SMILES string of the molecule is Cc1cn(C2CCC(N3CCC4(CCN(C(=O)OC(C)(C)C)C4)C3)CC2)c2ncnc(N)c12. The second kappa shape index (κ2) is 8.15. The minimum atomic E-state index is -0.436. The molecule has 1 amide bonds. The first-order valence-electron chi connectivity index (χ1n) is 12.4. The normalized spacial score (nSPS) is 28.8. The molecule has 0 bridgehead atoms. The van der Waals surface area contributed by atoms with Crippen molar-refractivity contribution in [3.05, 3.63) is 18.1 Å². The number of carbonyl (C=O) groups is 1. The Labute approximate surface area is 196 Å². The fourth-order valence-corrected chi connectivity index (χ4v) is 6.31. The summed E-state index contributed by atoms with van der Waals surface area (Å²) in [5.74, 6) is 0.573. The molecule has 2 aliphatic heterocycles. The quantitative estimate of drug-likeness (QED) is 0.734. The lowest BCUT2D eigenvalue weighted by Crippen LogP contribution is -2.40. The lowest BCUT2D eigenvalue weighted by atomic mass is 9.86. The number of amides is 1. The third kappa shape index (κ3) is 4.29. The molecule has 1 unspecified atom stereocenters. The Kier molecular flexibility index (Phi) is 5.54. The van der Waals surface area contributed by atoms with Crippen LogP contribution < -0.4 is 5.73 Å². The summed E-state index contributed by atoms with van der Waals surface area (Å²) in [6.45, 7) is 11.8. The Balaban J connectivity index is 1.19. The molecule has 1 spiro atoms. The van der Waals surface area contributed by atoms with Crippen LogP contribution in [0.5, 0.6) is 0 Å². The number of nitrogens with two attached hydrogens (primary N) is 1. The fraction of sp³-hybridized carbons (Fsp3) is 0.720. The highest BCUT2D eigenvalue weighted by Crippen LogP contribution is 2.43. The van der Waals surface area contributed by atoms with E-state index in [-0.39, 0.29) is 11.5 Å². The molecular weight excluding hydrogens is 416 g/mol. The van der Waals surface area contributed by atoms with E-state index < -0.39 is 5.60 Å². The predicted molar refractivity (Wildman–Crippen MR) is 129 cm³/mol. The molecule has 8 nitrogen and oxygen atoms in total. The largest absolute Gasteiger partial charge is 0.444 e. The van der Waals surface area contributed by atoms with E-state index in [1.54, 1.807) is 6.33 Å². The van der Waals surface area contributed by atoms with Crippen molar-refractivity contribution >= 4 is 22.9 Å². The maximum absolute atomic E-state index is 12.5. The number of ether oxygens (including phenoxy) is 1. The molecule has 2 saturated heterocycles. The average Bonchev–Trinajstić information content (AvgIpc) is 3.46. The number of carbonyl (C=O) groups excluding carboxylic acids is 1. The molecular formula is C25H38N6O2. The molecule has 0 radical (unpaired) electrons. The molecule has 3 fully saturated rings. The number of rotatable bonds is 2. The summed E-state index contributed by atoms with van der Waals surface area (Å²) < 4.78 is 7.95. The Morgan fingerprint density at radius 3 is 2.52 bits per heavy atom. The lowest BCUT2D eigenvalue weighted by molar-refractivity contribution is 0.0272. The molecule has 1 saturated carbocycles. The number of hydrogen-bond acceptors (Lipinski definition) is 6. The van der Waals surface area contributed by atoms with Crippen molar-refractivity contribution in [2.75, 3.05) is 31.9 Å². The van der Waals surface area contributed by atoms with Crippen molar-refractivity contribution < 1.29 is 9.53 Å². The summed E-state index contributed by atoms with van der Waals surface area (Å²) in [7, 11) is 0. The predicted octanol–water partition coefficient (Wildman–Crippen LogP) is 4.14. The second-order valence-corrected chi connectivity index (χ2v) is 11.5. The van der Waals surface area contributed by atoms with Gasteiger partial charge < -0.3 is 19.9 Å². The van der Waals surface area contributed by atoms with E-state index in [1.807, 2.05) is 25.7 Å². The topological polar surface area (TPSA) is 89.5 Å². The van der Waals surface area contributed by atoms with E-state index >= 15 is 0 Å². The lowest BCUT2D eigenvalue weighted by Gasteiger charge is -2.36. The molecule has 1 atom stereocenters. The Morgan fingerprint density at radius 1 is 1.09 bits per heavy atom. The summed E-state index contributed by atoms with van der Waals surface area (Å²) in [6, 6.07) is 1.11. The smallest absolute Gasteiger partial charge is 0.410 e. The van der Waals surface area contributed by atoms with E-state index in [4.69, 9.17) is 10.5 Å². The minimum Gasteiger partial charge on any atom is -0.444 e. The fourth-order valence-electron chi connectivity index (χ4n) is 6.31. The van der Waals surface area contributed by atoms with Gasteiger partial charge in [0.2, 0.25) is 0 Å². The van der Waals surface area contributed by atoms with Gasteiger partial charge in [-0.3, -0.25) is 4.90 Å². The maximum atomic E-state index is 12.5. The third-order valence-corrected chi connectivity index (χ3v) is 7.96. The average molecular weight is 455 g/mol. The monoisotopic (exact) mass is 454 g/mol. The van der Waals surface area contributed by atoms with Crippen LogP contribution in [-0.2, 0) is 4.74 Å². The molecule has 0 aromatic carbocycles. The van der Waals surface area contributed by atoms with Gasteiger partial charge in [0.05, 0.1) is 5.39 Å². The van der Waals surface area contributed by atoms with Gasteiger partial charge in [-0.15, -0.1) is 0 Å². The first-order valence-corrected chi connectivity index (χ1v) is 12.4. The van der Waals surface area contributed by atoms with Crippen LogP contribution in [0, 0.1) is 12.3 Å². The van der Waals surface area contributed by atoms with Crippen molar-refractivity contribution in [3.8, 4) is 0 Å². The van der Waals surface area contributed by atoms with E-state index in [2.05, 4.69) is 32.6 Å². The zero-order valence-corrected chi connectivity index (χ0v) is 20.5. The van der Waals surface area contributed by atoms with Crippen LogP contribution in [0.25, 0.3) is 11.0 Å². The van der Waals surface area contributed by atoms with Crippen LogP contribution in [-0.4, -0.2) is 68.3 Å². The van der Waals surface area contributed by atoms with Crippen LogP contribution in [0.1, 0.15) is 70.9 Å². The van der Waals surface area contributed by atoms with Crippen molar-refractivity contribution in [1.29, 1.82) is 0 Å². The van der Waals surface area contributed by atoms with Crippen LogP contribution in [0.3, 0.4) is 0 Å². The van der Waals surface area contributed by atoms with Gasteiger partial charge in [-0.25, -0.2) is 14.8 Å². The van der Waals surface area contributed by atoms with E-state index in [0.29, 0.717) is 17.9 Å². The first kappa shape index (κ1) is 22.4. The third-order valence-electron chi connectivity index (χ3n) is 7.96. The van der Waals surface area contributed by atoms with Gasteiger partial charge in [0.1, 0.15) is 23.4 Å². The van der Waals surface area contributed by atoms with Crippen LogP contribution in [0.15, 0.2) is 12.5 Å². The Bertz CT molecular complexity index is 1040. The summed E-state index contributed by atoms with van der Waals surface area (Å²) >= 11 is 0. The number of fused-ring (bicyclic) bond motifs is 1. The van der Waals surface area contributed by atoms with Gasteiger partial charge >= 0.3 is 6.09 Å². The molecule has 1 aliphatic carbocycles. The van der Waals surface area contributed by atoms with Gasteiger partial charge in [-0.2, -0.15) is 0 Å². The molecule has 2 aromatic rings. The van der Waals surface area contributed by atoms with Gasteiger partial charge in [0.15, 0.2) is 0 Å². The van der Waals surface area contributed by atoms with Crippen LogP contribution in [0.4, 0.5) is 10.6 Å². The number of nitrogens with zero attached hydrogens (tertiary/aromatic N) is 5. The van der Waals surface area contributed by atoms with Gasteiger partial charge in [-0.05, 0) is 78.3 Å². The number of nitrogen functional groups attached to an aromatic ring is 1. The van der Waals surface area contributed by atoms with E-state index in [1.165, 1.54) is 19.3 Å². The highest BCUT2D eigenvalue weighted by molar-refractivity contribution is 5.89. The molecule has 33 heavy (non-hydrogen) atoms. The van der Waals surface area contributed by atoms with Crippen LogP contribution >= 0.6 is 0 Å². The number of aromatic nitrogens is 3. The molecule has 3 aliphatic rings. The molecule has 4 heterocycles. The van der Waals surface area contributed by atoms with Crippen molar-refractivity contribution in [3.63, 3.8) is 0 Å². The highest BCUT2D eigenvalue weighted by Gasteiger charge is 2.47. The first-order chi connectivity index (χ1) is 15.6. The number of anilines is 1. The zero-order valence-electron chi connectivity index (χ0n) is 20.5. The molecule has 2 aromatic heterocycles. The van der Waals surface area contributed by atoms with E-state index in [9.17, 15) is 4.79 Å². The summed E-state index contributed by atoms with van der Waals surface area (Å²) in [5, 5.41) is 0.997. The van der Waals surface area contributed by atoms with E-state index in [0.717, 1.165) is 62.0 Å². The highest BCUT2D eigenvalue weighted by atomic mass is 16.6. The van der Waals surface area contributed by atoms with Gasteiger partial charge in [0, 0.05) is 43.3 Å². The Morgan fingerprint density at radius 2 is 1.79 bits per heavy atom. The number of likely N-dealkylation sites (tertiary alicyclic amines) is 2. The molecule has 5 rings (SSSR count). The van der Waals surface area contributed by atoms with Gasteiger partial charge in [-0.1, -0.05) is 0 Å². The molecule has 180 valence electrons. The summed E-state index contributed by atoms with van der Waals surface area (Å²) in [5.41, 5.74) is 8.05. The van der Waals surface area contributed by atoms with Crippen LogP contribution in [0.2, 0.25) is 0 Å².